The number of carbonyl (C=O) groups excluding carboxylic acids is 2. The van der Waals surface area contributed by atoms with Gasteiger partial charge in [-0.3, -0.25) is 9.59 Å². The van der Waals surface area contributed by atoms with Crippen LogP contribution in [0.15, 0.2) is 41.3 Å². The molecule has 142 valence electrons. The maximum atomic E-state index is 12.8. The van der Waals surface area contributed by atoms with Crippen molar-refractivity contribution >= 4 is 35.0 Å². The zero-order valence-corrected chi connectivity index (χ0v) is 15.4. The zero-order valence-electron chi connectivity index (χ0n) is 14.6. The van der Waals surface area contributed by atoms with Crippen LogP contribution in [0.25, 0.3) is 0 Å². The molecular weight excluding hydrogens is 377 g/mol. The van der Waals surface area contributed by atoms with E-state index in [2.05, 4.69) is 10.6 Å². The van der Waals surface area contributed by atoms with Crippen molar-refractivity contribution in [1.29, 1.82) is 0 Å². The molecule has 1 aliphatic rings. The lowest BCUT2D eigenvalue weighted by Crippen LogP contribution is -2.32. The second-order valence-corrected chi connectivity index (χ2v) is 7.55. The molecule has 2 N–H and O–H groups in total. The second-order valence-electron chi connectivity index (χ2n) is 6.30. The Morgan fingerprint density at radius 2 is 1.96 bits per heavy atom. The summed E-state index contributed by atoms with van der Waals surface area (Å²) >= 11 is 1.09. The van der Waals surface area contributed by atoms with Gasteiger partial charge in [-0.1, -0.05) is 12.1 Å². The van der Waals surface area contributed by atoms with Crippen LogP contribution in [-0.2, 0) is 15.8 Å². The van der Waals surface area contributed by atoms with Crippen LogP contribution >= 0.6 is 11.8 Å². The van der Waals surface area contributed by atoms with Crippen LogP contribution in [0, 0.1) is 13.8 Å². The first-order valence-electron chi connectivity index (χ1n) is 8.20. The molecule has 3 rings (SSSR count). The monoisotopic (exact) mass is 394 g/mol. The van der Waals surface area contributed by atoms with Gasteiger partial charge in [0.15, 0.2) is 0 Å². The van der Waals surface area contributed by atoms with Gasteiger partial charge in [0, 0.05) is 17.0 Å². The molecule has 1 unspecified atom stereocenters. The second kappa shape index (κ2) is 7.26. The smallest absolute Gasteiger partial charge is 0.326 e. The number of thioether (sulfide) groups is 1. The largest absolute Gasteiger partial charge is 0.416 e. The first-order chi connectivity index (χ1) is 12.6. The number of carbonyl (C=O) groups is 2. The van der Waals surface area contributed by atoms with Gasteiger partial charge in [-0.2, -0.15) is 13.2 Å². The van der Waals surface area contributed by atoms with Gasteiger partial charge in [0.05, 0.1) is 16.5 Å². The third-order valence-corrected chi connectivity index (χ3v) is 5.65. The van der Waals surface area contributed by atoms with Crippen molar-refractivity contribution in [3.8, 4) is 0 Å². The van der Waals surface area contributed by atoms with E-state index in [9.17, 15) is 22.8 Å². The molecule has 0 aromatic heterocycles. The highest BCUT2D eigenvalue weighted by Gasteiger charge is 2.34. The van der Waals surface area contributed by atoms with E-state index in [0.717, 1.165) is 35.0 Å². The lowest BCUT2D eigenvalue weighted by Gasteiger charge is -2.24. The minimum atomic E-state index is -4.48. The van der Waals surface area contributed by atoms with Crippen LogP contribution in [0.2, 0.25) is 0 Å². The lowest BCUT2D eigenvalue weighted by atomic mass is 10.1. The van der Waals surface area contributed by atoms with E-state index in [1.54, 1.807) is 6.07 Å². The first kappa shape index (κ1) is 19.3. The van der Waals surface area contributed by atoms with Crippen LogP contribution in [0.1, 0.15) is 23.1 Å². The molecule has 1 aliphatic heterocycles. The number of alkyl halides is 3. The maximum absolute atomic E-state index is 12.8. The molecular formula is C19H17F3N2O2S. The molecule has 0 fully saturated rings. The summed E-state index contributed by atoms with van der Waals surface area (Å²) in [7, 11) is 0. The van der Waals surface area contributed by atoms with Crippen molar-refractivity contribution in [1.82, 2.24) is 0 Å². The van der Waals surface area contributed by atoms with Crippen molar-refractivity contribution in [2.24, 2.45) is 0 Å². The third-order valence-electron chi connectivity index (χ3n) is 4.38. The van der Waals surface area contributed by atoms with E-state index >= 15 is 0 Å². The molecule has 0 aliphatic carbocycles. The summed E-state index contributed by atoms with van der Waals surface area (Å²) in [6, 6.07) is 8.74. The predicted octanol–water partition coefficient (Wildman–Crippen LogP) is 4.76. The van der Waals surface area contributed by atoms with Crippen molar-refractivity contribution in [2.75, 3.05) is 10.6 Å². The van der Waals surface area contributed by atoms with Gasteiger partial charge in [0.25, 0.3) is 0 Å². The van der Waals surface area contributed by atoms with E-state index < -0.39 is 22.9 Å². The number of benzene rings is 2. The highest BCUT2D eigenvalue weighted by Crippen LogP contribution is 2.40. The molecule has 0 spiro atoms. The van der Waals surface area contributed by atoms with Gasteiger partial charge in [-0.25, -0.2) is 0 Å². The molecule has 4 nitrogen and oxygen atoms in total. The standard InChI is InChI=1S/C19H17F3N2O2S/c1-10-4-3-5-13(11(10)2)23-17(25)9-16-18(26)24-14-8-12(19(20,21)22)6-7-15(14)27-16/h3-8,16H,9H2,1-2H3,(H,23,25)(H,24,26). The van der Waals surface area contributed by atoms with Gasteiger partial charge < -0.3 is 10.6 Å². The highest BCUT2D eigenvalue weighted by molar-refractivity contribution is 8.01. The third kappa shape index (κ3) is 4.27. The van der Waals surface area contributed by atoms with Crippen molar-refractivity contribution in [3.63, 3.8) is 0 Å². The van der Waals surface area contributed by atoms with Crippen molar-refractivity contribution < 1.29 is 22.8 Å². The van der Waals surface area contributed by atoms with Crippen molar-refractivity contribution in [2.45, 2.75) is 36.6 Å². The number of nitrogens with one attached hydrogen (secondary N) is 2. The highest BCUT2D eigenvalue weighted by atomic mass is 32.2. The van der Waals surface area contributed by atoms with Crippen LogP contribution < -0.4 is 10.6 Å². The normalized spacial score (nSPS) is 16.5. The molecule has 0 saturated heterocycles. The Balaban J connectivity index is 1.71. The van der Waals surface area contributed by atoms with E-state index in [1.807, 2.05) is 26.0 Å². The molecule has 27 heavy (non-hydrogen) atoms. The number of amides is 2. The average molecular weight is 394 g/mol. The fourth-order valence-corrected chi connectivity index (χ4v) is 3.81. The van der Waals surface area contributed by atoms with E-state index in [4.69, 9.17) is 0 Å². The fraction of sp³-hybridized carbons (Fsp3) is 0.263. The topological polar surface area (TPSA) is 58.2 Å². The molecule has 0 bridgehead atoms. The van der Waals surface area contributed by atoms with Gasteiger partial charge in [0.2, 0.25) is 11.8 Å². The van der Waals surface area contributed by atoms with E-state index in [-0.39, 0.29) is 18.0 Å². The molecule has 0 radical (unpaired) electrons. The van der Waals surface area contributed by atoms with Gasteiger partial charge in [0.1, 0.15) is 0 Å². The van der Waals surface area contributed by atoms with Crippen LogP contribution in [0.3, 0.4) is 0 Å². The van der Waals surface area contributed by atoms with Gasteiger partial charge >= 0.3 is 6.18 Å². The summed E-state index contributed by atoms with van der Waals surface area (Å²) in [5.74, 6) is -0.811. The Hall–Kier alpha value is -2.48. The Bertz CT molecular complexity index is 912. The number of hydrogen-bond donors (Lipinski definition) is 2. The zero-order chi connectivity index (χ0) is 19.8. The molecule has 2 amide bonds. The number of anilines is 2. The number of fused-ring (bicyclic) bond motifs is 1. The average Bonchev–Trinajstić information content (AvgIpc) is 2.58. The quantitative estimate of drug-likeness (QED) is 0.789. The summed E-state index contributed by atoms with van der Waals surface area (Å²) in [6.07, 6.45) is -4.56. The summed E-state index contributed by atoms with van der Waals surface area (Å²) in [4.78, 5) is 25.1. The number of hydrogen-bond acceptors (Lipinski definition) is 3. The van der Waals surface area contributed by atoms with Crippen LogP contribution in [0.4, 0.5) is 24.5 Å². The predicted molar refractivity (Wildman–Crippen MR) is 98.9 cm³/mol. The van der Waals surface area contributed by atoms with E-state index in [1.165, 1.54) is 6.07 Å². The fourth-order valence-electron chi connectivity index (χ4n) is 2.72. The summed E-state index contributed by atoms with van der Waals surface area (Å²) in [6.45, 7) is 3.82. The number of rotatable bonds is 3. The summed E-state index contributed by atoms with van der Waals surface area (Å²) in [5.41, 5.74) is 1.94. The number of aryl methyl sites for hydroxylation is 1. The first-order valence-corrected chi connectivity index (χ1v) is 9.08. The molecule has 8 heteroatoms. The summed E-state index contributed by atoms with van der Waals surface area (Å²) < 4.78 is 38.4. The Morgan fingerprint density at radius 3 is 2.67 bits per heavy atom. The molecule has 2 aromatic carbocycles. The van der Waals surface area contributed by atoms with Crippen LogP contribution in [0.5, 0.6) is 0 Å². The summed E-state index contributed by atoms with van der Waals surface area (Å²) in [5, 5.41) is 4.55. The Labute approximate surface area is 158 Å². The molecule has 0 saturated carbocycles. The van der Waals surface area contributed by atoms with Crippen LogP contribution in [-0.4, -0.2) is 17.1 Å². The SMILES string of the molecule is Cc1cccc(NC(=O)CC2Sc3ccc(C(F)(F)F)cc3NC2=O)c1C. The molecule has 2 aromatic rings. The minimum absolute atomic E-state index is 0.0790. The molecule has 1 atom stereocenters. The van der Waals surface area contributed by atoms with Crippen molar-refractivity contribution in [3.05, 3.63) is 53.1 Å². The minimum Gasteiger partial charge on any atom is -0.326 e. The van der Waals surface area contributed by atoms with Gasteiger partial charge in [-0.05, 0) is 49.2 Å². The Morgan fingerprint density at radius 1 is 1.22 bits per heavy atom. The maximum Gasteiger partial charge on any atom is 0.416 e. The lowest BCUT2D eigenvalue weighted by molar-refractivity contribution is -0.137. The number of halogens is 3. The van der Waals surface area contributed by atoms with Gasteiger partial charge in [-0.15, -0.1) is 11.8 Å². The Kier molecular flexibility index (Phi) is 5.19. The van der Waals surface area contributed by atoms with E-state index in [0.29, 0.717) is 10.6 Å². The molecule has 1 heterocycles.